The molecule has 13 heavy (non-hydrogen) atoms. The smallest absolute Gasteiger partial charge is 0.155 e. The first-order valence-electron chi connectivity index (χ1n) is 4.56. The molecule has 0 radical (unpaired) electrons. The number of ether oxygens (including phenoxy) is 2. The summed E-state index contributed by atoms with van der Waals surface area (Å²) in [6, 6.07) is 0. The molecule has 1 atom stereocenters. The van der Waals surface area contributed by atoms with E-state index in [1.54, 1.807) is 0 Å². The van der Waals surface area contributed by atoms with Gasteiger partial charge in [0.25, 0.3) is 0 Å². The van der Waals surface area contributed by atoms with Crippen LogP contribution in [0.1, 0.15) is 34.1 Å². The maximum Gasteiger partial charge on any atom is 0.155 e. The zero-order chi connectivity index (χ0) is 10.3. The number of hydrogen-bond donors (Lipinski definition) is 0. The molecule has 78 valence electrons. The van der Waals surface area contributed by atoms with Crippen LogP contribution in [0.15, 0.2) is 10.2 Å². The van der Waals surface area contributed by atoms with Crippen molar-refractivity contribution >= 4 is 22.6 Å². The molecule has 0 rings (SSSR count). The Hall–Kier alpha value is 0.390. The van der Waals surface area contributed by atoms with Crippen molar-refractivity contribution < 1.29 is 9.47 Å². The summed E-state index contributed by atoms with van der Waals surface area (Å²) in [4.78, 5) is 0. The molecular formula is C10H19IO2. The summed E-state index contributed by atoms with van der Waals surface area (Å²) in [7, 11) is 0. The zero-order valence-electron chi connectivity index (χ0n) is 8.84. The first-order valence-corrected chi connectivity index (χ1v) is 5.81. The summed E-state index contributed by atoms with van der Waals surface area (Å²) in [6.45, 7) is 8.73. The Morgan fingerprint density at radius 2 is 2.08 bits per heavy atom. The Morgan fingerprint density at radius 1 is 1.46 bits per heavy atom. The fourth-order valence-corrected chi connectivity index (χ4v) is 1.35. The van der Waals surface area contributed by atoms with Crippen LogP contribution in [-0.4, -0.2) is 18.5 Å². The number of halogens is 1. The van der Waals surface area contributed by atoms with Crippen LogP contribution >= 0.6 is 22.6 Å². The minimum absolute atomic E-state index is 0.123. The van der Waals surface area contributed by atoms with Gasteiger partial charge in [-0.3, -0.25) is 0 Å². The van der Waals surface area contributed by atoms with Crippen molar-refractivity contribution in [1.82, 2.24) is 0 Å². The molecule has 0 aromatic carbocycles. The molecule has 0 N–H and O–H groups in total. The lowest BCUT2D eigenvalue weighted by Gasteiger charge is -2.27. The molecule has 0 aliphatic rings. The van der Waals surface area contributed by atoms with E-state index in [2.05, 4.69) is 42.5 Å². The van der Waals surface area contributed by atoms with Crippen molar-refractivity contribution in [2.45, 2.75) is 46.0 Å². The van der Waals surface area contributed by atoms with Crippen LogP contribution in [0.2, 0.25) is 0 Å². The van der Waals surface area contributed by atoms with Gasteiger partial charge in [0.1, 0.15) is 0 Å². The molecule has 3 heteroatoms. The van der Waals surface area contributed by atoms with Crippen LogP contribution in [0.3, 0.4) is 0 Å². The summed E-state index contributed by atoms with van der Waals surface area (Å²) < 4.78 is 13.0. The molecule has 0 aliphatic heterocycles. The van der Waals surface area contributed by atoms with Gasteiger partial charge >= 0.3 is 0 Å². The van der Waals surface area contributed by atoms with Gasteiger partial charge < -0.3 is 9.47 Å². The Balaban J connectivity index is 3.85. The lowest BCUT2D eigenvalue weighted by atomic mass is 10.1. The third kappa shape index (κ3) is 7.46. The predicted octanol–water partition coefficient (Wildman–Crippen LogP) is 3.50. The van der Waals surface area contributed by atoms with Crippen LogP contribution in [0.4, 0.5) is 0 Å². The van der Waals surface area contributed by atoms with Gasteiger partial charge in [-0.2, -0.15) is 0 Å². The van der Waals surface area contributed by atoms with Crippen LogP contribution in [-0.2, 0) is 9.47 Å². The average molecular weight is 298 g/mol. The predicted molar refractivity (Wildman–Crippen MR) is 64.0 cm³/mol. The molecule has 0 fully saturated rings. The quantitative estimate of drug-likeness (QED) is 0.552. The van der Waals surface area contributed by atoms with E-state index >= 15 is 0 Å². The van der Waals surface area contributed by atoms with Crippen molar-refractivity contribution in [1.29, 1.82) is 0 Å². The fraction of sp³-hybridized carbons (Fsp3) is 0.800. The van der Waals surface area contributed by atoms with E-state index in [9.17, 15) is 0 Å². The number of hydrogen-bond acceptors (Lipinski definition) is 2. The van der Waals surface area contributed by atoms with Gasteiger partial charge in [0.05, 0.1) is 5.60 Å². The maximum atomic E-state index is 5.70. The monoisotopic (exact) mass is 298 g/mol. The van der Waals surface area contributed by atoms with Gasteiger partial charge in [0.2, 0.25) is 0 Å². The largest absolute Gasteiger partial charge is 0.353 e. The van der Waals surface area contributed by atoms with E-state index in [1.165, 1.54) is 0 Å². The molecular weight excluding hydrogens is 279 g/mol. The van der Waals surface area contributed by atoms with Crippen molar-refractivity contribution in [2.75, 3.05) is 6.61 Å². The van der Waals surface area contributed by atoms with Crippen molar-refractivity contribution in [3.63, 3.8) is 0 Å². The minimum atomic E-state index is -0.143. The van der Waals surface area contributed by atoms with E-state index in [4.69, 9.17) is 9.47 Å². The third-order valence-corrected chi connectivity index (χ3v) is 2.09. The first kappa shape index (κ1) is 13.4. The second kappa shape index (κ2) is 6.79. The van der Waals surface area contributed by atoms with Crippen molar-refractivity contribution in [3.8, 4) is 0 Å². The lowest BCUT2D eigenvalue weighted by Crippen LogP contribution is -2.30. The van der Waals surface area contributed by atoms with E-state index in [-0.39, 0.29) is 11.9 Å². The van der Waals surface area contributed by atoms with Crippen LogP contribution in [0.25, 0.3) is 0 Å². The van der Waals surface area contributed by atoms with Gasteiger partial charge in [0, 0.05) is 6.61 Å². The van der Waals surface area contributed by atoms with Crippen LogP contribution in [0.5, 0.6) is 0 Å². The van der Waals surface area contributed by atoms with Crippen LogP contribution < -0.4 is 0 Å². The molecule has 0 amide bonds. The molecule has 2 nitrogen and oxygen atoms in total. The fourth-order valence-electron chi connectivity index (χ4n) is 1.09. The minimum Gasteiger partial charge on any atom is -0.353 e. The van der Waals surface area contributed by atoms with Gasteiger partial charge in [0.15, 0.2) is 6.29 Å². The molecule has 0 spiro atoms. The Bertz CT molecular complexity index is 155. The second-order valence-corrected chi connectivity index (χ2v) is 4.19. The first-order chi connectivity index (χ1) is 6.02. The number of rotatable bonds is 6. The highest BCUT2D eigenvalue weighted by molar-refractivity contribution is 14.1. The molecule has 0 heterocycles. The molecule has 0 aromatic rings. The Kier molecular flexibility index (Phi) is 6.99. The SMILES string of the molecule is CCOC(C)OC(C)(C)C/C=C\I. The topological polar surface area (TPSA) is 18.5 Å². The normalized spacial score (nSPS) is 15.2. The summed E-state index contributed by atoms with van der Waals surface area (Å²) in [5.41, 5.74) is -0.143. The average Bonchev–Trinajstić information content (AvgIpc) is 2.00. The summed E-state index contributed by atoms with van der Waals surface area (Å²) >= 11 is 2.21. The molecule has 1 unspecified atom stereocenters. The maximum absolute atomic E-state index is 5.70. The van der Waals surface area contributed by atoms with Gasteiger partial charge in [-0.15, -0.1) is 0 Å². The van der Waals surface area contributed by atoms with E-state index in [0.717, 1.165) is 6.42 Å². The highest BCUT2D eigenvalue weighted by Gasteiger charge is 2.19. The van der Waals surface area contributed by atoms with Gasteiger partial charge in [-0.25, -0.2) is 0 Å². The standard InChI is InChI=1S/C10H19IO2/c1-5-12-9(2)13-10(3,4)7-6-8-11/h6,8-9H,5,7H2,1-4H3/b8-6-. The zero-order valence-corrected chi connectivity index (χ0v) is 11.0. The van der Waals surface area contributed by atoms with Crippen molar-refractivity contribution in [3.05, 3.63) is 10.2 Å². The Morgan fingerprint density at radius 3 is 2.54 bits per heavy atom. The third-order valence-electron chi connectivity index (χ3n) is 1.58. The summed E-state index contributed by atoms with van der Waals surface area (Å²) in [5.74, 6) is 0. The molecule has 0 saturated heterocycles. The van der Waals surface area contributed by atoms with Crippen molar-refractivity contribution in [2.24, 2.45) is 0 Å². The van der Waals surface area contributed by atoms with Gasteiger partial charge in [-0.05, 0) is 38.2 Å². The lowest BCUT2D eigenvalue weighted by molar-refractivity contribution is -0.187. The molecule has 0 aliphatic carbocycles. The van der Waals surface area contributed by atoms with E-state index in [0.29, 0.717) is 6.61 Å². The van der Waals surface area contributed by atoms with E-state index in [1.807, 2.05) is 17.9 Å². The molecule has 0 bridgehead atoms. The van der Waals surface area contributed by atoms with Gasteiger partial charge in [-0.1, -0.05) is 28.7 Å². The summed E-state index contributed by atoms with van der Waals surface area (Å²) in [6.07, 6.45) is 2.88. The highest BCUT2D eigenvalue weighted by atomic mass is 127. The van der Waals surface area contributed by atoms with E-state index < -0.39 is 0 Å². The molecule has 0 aromatic heterocycles. The second-order valence-electron chi connectivity index (χ2n) is 3.47. The Labute approximate surface area is 94.8 Å². The molecule has 0 saturated carbocycles. The van der Waals surface area contributed by atoms with Crippen LogP contribution in [0, 0.1) is 0 Å². The summed E-state index contributed by atoms with van der Waals surface area (Å²) in [5, 5.41) is 0. The highest BCUT2D eigenvalue weighted by Crippen LogP contribution is 2.18.